The topological polar surface area (TPSA) is 57.4 Å². The third-order valence-corrected chi connectivity index (χ3v) is 2.56. The first-order chi connectivity index (χ1) is 8.65. The second kappa shape index (κ2) is 7.57. The van der Waals surface area contributed by atoms with Crippen LogP contribution in [0.25, 0.3) is 0 Å². The summed E-state index contributed by atoms with van der Waals surface area (Å²) in [4.78, 5) is 4.35. The van der Waals surface area contributed by atoms with Gasteiger partial charge in [0.05, 0.1) is 6.04 Å². The molecule has 0 fully saturated rings. The Morgan fingerprint density at radius 2 is 2.39 bits per heavy atom. The number of nitrogens with zero attached hydrogens (tertiary/aromatic N) is 2. The zero-order chi connectivity index (χ0) is 13.4. The van der Waals surface area contributed by atoms with Crippen molar-refractivity contribution in [3.05, 3.63) is 29.3 Å². The summed E-state index contributed by atoms with van der Waals surface area (Å²) in [7, 11) is 0. The summed E-state index contributed by atoms with van der Waals surface area (Å²) in [5.41, 5.74) is 0. The molecule has 96 valence electrons. The molecule has 0 unspecified atom stereocenters. The predicted octanol–water partition coefficient (Wildman–Crippen LogP) is 2.99. The first kappa shape index (κ1) is 14.3. The Balaban J connectivity index is 2.55. The van der Waals surface area contributed by atoms with E-state index in [9.17, 15) is 0 Å². The maximum atomic E-state index is 8.47. The van der Waals surface area contributed by atoms with Gasteiger partial charge in [-0.25, -0.2) is 0 Å². The summed E-state index contributed by atoms with van der Waals surface area (Å²) in [6.45, 7) is 4.24. The molecular formula is C13H16ClN3O. The number of ether oxygens (including phenoxy) is 1. The molecule has 0 aliphatic heterocycles. The average Bonchev–Trinajstić information content (AvgIpc) is 2.35. The second-order valence-electron chi connectivity index (χ2n) is 3.78. The van der Waals surface area contributed by atoms with Crippen molar-refractivity contribution in [2.45, 2.75) is 26.3 Å². The van der Waals surface area contributed by atoms with Crippen molar-refractivity contribution in [2.24, 2.45) is 4.99 Å². The van der Waals surface area contributed by atoms with Gasteiger partial charge in [-0.1, -0.05) is 24.6 Å². The van der Waals surface area contributed by atoms with E-state index in [0.29, 0.717) is 17.5 Å². The van der Waals surface area contributed by atoms with Gasteiger partial charge in [0.25, 0.3) is 0 Å². The third kappa shape index (κ3) is 5.07. The standard InChI is InChI=1S/C13H16ClN3O/c1-3-12(17-10(2)16-9-15)8-18-13-6-4-5-11(14)7-13/h4-7,12H,3,8H2,1-2H3,(H,16,17)/t12-/m0/s1. The van der Waals surface area contributed by atoms with Crippen molar-refractivity contribution in [3.8, 4) is 11.9 Å². The van der Waals surface area contributed by atoms with Gasteiger partial charge in [-0.05, 0) is 31.5 Å². The van der Waals surface area contributed by atoms with E-state index in [0.717, 1.165) is 12.2 Å². The van der Waals surface area contributed by atoms with Crippen molar-refractivity contribution in [2.75, 3.05) is 6.61 Å². The number of rotatable bonds is 5. The Kier molecular flexibility index (Phi) is 6.03. The number of amidine groups is 1. The van der Waals surface area contributed by atoms with E-state index in [1.807, 2.05) is 25.2 Å². The largest absolute Gasteiger partial charge is 0.491 e. The highest BCUT2D eigenvalue weighted by Crippen LogP contribution is 2.17. The monoisotopic (exact) mass is 265 g/mol. The van der Waals surface area contributed by atoms with Crippen LogP contribution >= 0.6 is 11.6 Å². The first-order valence-corrected chi connectivity index (χ1v) is 6.11. The van der Waals surface area contributed by atoms with Gasteiger partial charge in [0, 0.05) is 5.02 Å². The molecule has 0 amide bonds. The Morgan fingerprint density at radius 1 is 1.61 bits per heavy atom. The fourth-order valence-corrected chi connectivity index (χ4v) is 1.56. The van der Waals surface area contributed by atoms with Crippen LogP contribution in [0.1, 0.15) is 20.3 Å². The molecule has 0 heterocycles. The van der Waals surface area contributed by atoms with Crippen molar-refractivity contribution in [1.29, 1.82) is 5.26 Å². The van der Waals surface area contributed by atoms with Crippen LogP contribution in [0.3, 0.4) is 0 Å². The fraction of sp³-hybridized carbons (Fsp3) is 0.385. The Bertz CT molecular complexity index is 454. The van der Waals surface area contributed by atoms with Gasteiger partial charge >= 0.3 is 0 Å². The van der Waals surface area contributed by atoms with Gasteiger partial charge in [-0.3, -0.25) is 10.3 Å². The average molecular weight is 266 g/mol. The molecule has 0 saturated carbocycles. The van der Waals surface area contributed by atoms with E-state index in [4.69, 9.17) is 21.6 Å². The minimum absolute atomic E-state index is 0.0184. The van der Waals surface area contributed by atoms with Crippen LogP contribution in [0, 0.1) is 11.5 Å². The van der Waals surface area contributed by atoms with E-state index in [-0.39, 0.29) is 6.04 Å². The molecule has 0 bridgehead atoms. The van der Waals surface area contributed by atoms with Gasteiger partial charge in [-0.15, -0.1) is 0 Å². The smallest absolute Gasteiger partial charge is 0.182 e. The Labute approximate surface area is 112 Å². The zero-order valence-corrected chi connectivity index (χ0v) is 11.2. The highest BCUT2D eigenvalue weighted by molar-refractivity contribution is 6.30. The molecule has 1 aromatic rings. The Hall–Kier alpha value is -1.73. The van der Waals surface area contributed by atoms with Crippen LogP contribution in [0.5, 0.6) is 5.75 Å². The summed E-state index contributed by atoms with van der Waals surface area (Å²) in [5.74, 6) is 1.32. The number of aliphatic imine (C=N–C) groups is 1. The molecule has 0 radical (unpaired) electrons. The molecule has 4 nitrogen and oxygen atoms in total. The number of nitriles is 1. The fourth-order valence-electron chi connectivity index (χ4n) is 1.38. The lowest BCUT2D eigenvalue weighted by Crippen LogP contribution is -2.21. The molecule has 1 rings (SSSR count). The van der Waals surface area contributed by atoms with Crippen molar-refractivity contribution < 1.29 is 4.74 Å². The maximum absolute atomic E-state index is 8.47. The second-order valence-corrected chi connectivity index (χ2v) is 4.22. The van der Waals surface area contributed by atoms with Crippen LogP contribution in [-0.2, 0) is 0 Å². The molecule has 0 aliphatic rings. The van der Waals surface area contributed by atoms with Gasteiger partial charge in [0.15, 0.2) is 6.19 Å². The number of hydrogen-bond acceptors (Lipinski definition) is 3. The summed E-state index contributed by atoms with van der Waals surface area (Å²) >= 11 is 5.87. The number of benzene rings is 1. The number of nitrogens with one attached hydrogen (secondary N) is 1. The maximum Gasteiger partial charge on any atom is 0.182 e. The van der Waals surface area contributed by atoms with Gasteiger partial charge in [-0.2, -0.15) is 5.26 Å². The molecule has 18 heavy (non-hydrogen) atoms. The van der Waals surface area contributed by atoms with E-state index in [1.165, 1.54) is 0 Å². The molecule has 0 spiro atoms. The molecule has 5 heteroatoms. The minimum Gasteiger partial charge on any atom is -0.491 e. The molecular weight excluding hydrogens is 250 g/mol. The predicted molar refractivity (Wildman–Crippen MR) is 72.9 cm³/mol. The zero-order valence-electron chi connectivity index (χ0n) is 10.5. The summed E-state index contributed by atoms with van der Waals surface area (Å²) < 4.78 is 5.62. The first-order valence-electron chi connectivity index (χ1n) is 5.73. The number of hydrogen-bond donors (Lipinski definition) is 1. The van der Waals surface area contributed by atoms with Crippen LogP contribution in [0.15, 0.2) is 29.3 Å². The third-order valence-electron chi connectivity index (χ3n) is 2.32. The lowest BCUT2D eigenvalue weighted by Gasteiger charge is -2.13. The molecule has 1 N–H and O–H groups in total. The lowest BCUT2D eigenvalue weighted by molar-refractivity contribution is 0.286. The lowest BCUT2D eigenvalue weighted by atomic mass is 10.2. The van der Waals surface area contributed by atoms with E-state index in [1.54, 1.807) is 19.1 Å². The summed E-state index contributed by atoms with van der Waals surface area (Å²) in [6, 6.07) is 7.26. The SMILES string of the molecule is CC[C@@H](COc1cccc(Cl)c1)N=C(C)NC#N. The van der Waals surface area contributed by atoms with E-state index in [2.05, 4.69) is 10.3 Å². The van der Waals surface area contributed by atoms with Crippen LogP contribution in [0.2, 0.25) is 5.02 Å². The van der Waals surface area contributed by atoms with Crippen LogP contribution < -0.4 is 10.1 Å². The Morgan fingerprint density at radius 3 is 3.00 bits per heavy atom. The molecule has 1 atom stereocenters. The number of halogens is 1. The van der Waals surface area contributed by atoms with E-state index < -0.39 is 0 Å². The van der Waals surface area contributed by atoms with Gasteiger partial charge in [0.1, 0.15) is 18.2 Å². The molecule has 0 aliphatic carbocycles. The normalized spacial score (nSPS) is 12.7. The van der Waals surface area contributed by atoms with Gasteiger partial charge in [0.2, 0.25) is 0 Å². The van der Waals surface area contributed by atoms with Crippen LogP contribution in [-0.4, -0.2) is 18.5 Å². The van der Waals surface area contributed by atoms with Crippen LogP contribution in [0.4, 0.5) is 0 Å². The van der Waals surface area contributed by atoms with Crippen molar-refractivity contribution in [3.63, 3.8) is 0 Å². The summed E-state index contributed by atoms with van der Waals surface area (Å²) in [6.07, 6.45) is 2.68. The van der Waals surface area contributed by atoms with Gasteiger partial charge < -0.3 is 4.74 Å². The van der Waals surface area contributed by atoms with Crippen molar-refractivity contribution >= 4 is 17.4 Å². The quantitative estimate of drug-likeness (QED) is 0.385. The highest BCUT2D eigenvalue weighted by Gasteiger charge is 2.06. The summed E-state index contributed by atoms with van der Waals surface area (Å²) in [5, 5.41) is 11.6. The molecule has 0 aromatic heterocycles. The highest BCUT2D eigenvalue weighted by atomic mass is 35.5. The van der Waals surface area contributed by atoms with Crippen molar-refractivity contribution in [1.82, 2.24) is 5.32 Å². The minimum atomic E-state index is 0.0184. The molecule has 0 saturated heterocycles. The molecule has 1 aromatic carbocycles. The van der Waals surface area contributed by atoms with E-state index >= 15 is 0 Å².